The number of hydrogen-bond donors (Lipinski definition) is 2. The Balaban J connectivity index is 1.90. The van der Waals surface area contributed by atoms with E-state index in [1.807, 2.05) is 57.1 Å². The Bertz CT molecular complexity index is 1020. The van der Waals surface area contributed by atoms with Gasteiger partial charge in [-0.05, 0) is 57.3 Å². The zero-order valence-corrected chi connectivity index (χ0v) is 16.6. The Labute approximate surface area is 164 Å². The van der Waals surface area contributed by atoms with Gasteiger partial charge in [-0.2, -0.15) is 0 Å². The third-order valence-corrected chi connectivity index (χ3v) is 4.45. The van der Waals surface area contributed by atoms with Crippen LogP contribution in [0.3, 0.4) is 0 Å². The number of rotatable bonds is 6. The van der Waals surface area contributed by atoms with Crippen LogP contribution in [0.5, 0.6) is 0 Å². The lowest BCUT2D eigenvalue weighted by molar-refractivity contribution is 0.0948. The number of anilines is 1. The van der Waals surface area contributed by atoms with Crippen LogP contribution in [0.15, 0.2) is 42.6 Å². The second kappa shape index (κ2) is 8.22. The van der Waals surface area contributed by atoms with Crippen molar-refractivity contribution in [3.05, 3.63) is 65.2 Å². The van der Waals surface area contributed by atoms with Crippen LogP contribution in [0.1, 0.15) is 32.2 Å². The summed E-state index contributed by atoms with van der Waals surface area (Å²) in [6.45, 7) is 5.12. The van der Waals surface area contributed by atoms with Crippen molar-refractivity contribution < 1.29 is 9.59 Å². The predicted molar refractivity (Wildman–Crippen MR) is 110 cm³/mol. The molecule has 0 radical (unpaired) electrons. The van der Waals surface area contributed by atoms with Crippen molar-refractivity contribution in [2.75, 3.05) is 32.5 Å². The fourth-order valence-corrected chi connectivity index (χ4v) is 2.89. The number of pyridine rings is 1. The van der Waals surface area contributed by atoms with Gasteiger partial charge in [0.1, 0.15) is 0 Å². The van der Waals surface area contributed by atoms with Crippen LogP contribution >= 0.6 is 0 Å². The van der Waals surface area contributed by atoms with Crippen LogP contribution in [0.25, 0.3) is 5.52 Å². The molecule has 28 heavy (non-hydrogen) atoms. The molecule has 146 valence electrons. The summed E-state index contributed by atoms with van der Waals surface area (Å²) in [6, 6.07) is 11.3. The number of nitrogens with zero attached hydrogens (tertiary/aromatic N) is 3. The normalized spacial score (nSPS) is 11.0. The number of benzene rings is 1. The van der Waals surface area contributed by atoms with Gasteiger partial charge in [-0.25, -0.2) is 4.98 Å². The van der Waals surface area contributed by atoms with Crippen molar-refractivity contribution >= 4 is 23.0 Å². The molecule has 3 aromatic rings. The fourth-order valence-electron chi connectivity index (χ4n) is 2.89. The van der Waals surface area contributed by atoms with Gasteiger partial charge in [0.05, 0.1) is 5.52 Å². The van der Waals surface area contributed by atoms with Gasteiger partial charge >= 0.3 is 0 Å². The number of hydrogen-bond acceptors (Lipinski definition) is 4. The molecule has 0 fully saturated rings. The largest absolute Gasteiger partial charge is 0.349 e. The Kier molecular flexibility index (Phi) is 5.75. The molecule has 0 aliphatic carbocycles. The van der Waals surface area contributed by atoms with E-state index in [0.29, 0.717) is 12.1 Å². The summed E-state index contributed by atoms with van der Waals surface area (Å²) >= 11 is 0. The standard InChI is InChI=1S/C21H25N5O2/c1-14-8-9-15(2)16(13-14)23-21(28)19-24-18(17-7-5-6-11-26(17)19)20(27)22-10-12-25(3)4/h5-9,11,13H,10,12H2,1-4H3,(H,22,27)(H,23,28). The summed E-state index contributed by atoms with van der Waals surface area (Å²) in [4.78, 5) is 31.8. The van der Waals surface area contributed by atoms with E-state index in [-0.39, 0.29) is 23.3 Å². The van der Waals surface area contributed by atoms with E-state index in [2.05, 4.69) is 15.6 Å². The monoisotopic (exact) mass is 379 g/mol. The predicted octanol–water partition coefficient (Wildman–Crippen LogP) is 2.49. The van der Waals surface area contributed by atoms with Crippen molar-refractivity contribution in [3.63, 3.8) is 0 Å². The highest BCUT2D eigenvalue weighted by Crippen LogP contribution is 2.19. The minimum absolute atomic E-state index is 0.175. The lowest BCUT2D eigenvalue weighted by Crippen LogP contribution is -2.31. The number of nitrogens with one attached hydrogen (secondary N) is 2. The molecule has 1 aromatic carbocycles. The molecule has 3 rings (SSSR count). The number of carbonyl (C=O) groups is 2. The third kappa shape index (κ3) is 4.20. The van der Waals surface area contributed by atoms with Crippen LogP contribution in [-0.2, 0) is 0 Å². The first-order chi connectivity index (χ1) is 13.4. The minimum Gasteiger partial charge on any atom is -0.349 e. The molecule has 2 amide bonds. The van der Waals surface area contributed by atoms with E-state index >= 15 is 0 Å². The maximum atomic E-state index is 12.9. The van der Waals surface area contributed by atoms with Crippen LogP contribution in [0.2, 0.25) is 0 Å². The number of imidazole rings is 1. The zero-order chi connectivity index (χ0) is 20.3. The lowest BCUT2D eigenvalue weighted by atomic mass is 10.1. The van der Waals surface area contributed by atoms with Crippen molar-refractivity contribution in [2.24, 2.45) is 0 Å². The van der Waals surface area contributed by atoms with Gasteiger partial charge < -0.3 is 15.5 Å². The first-order valence-corrected chi connectivity index (χ1v) is 9.15. The Morgan fingerprint density at radius 3 is 2.64 bits per heavy atom. The minimum atomic E-state index is -0.359. The number of likely N-dealkylation sites (N-methyl/N-ethyl adjacent to an activating group) is 1. The number of carbonyl (C=O) groups excluding carboxylic acids is 2. The molecular formula is C21H25N5O2. The third-order valence-electron chi connectivity index (χ3n) is 4.45. The lowest BCUT2D eigenvalue weighted by Gasteiger charge is -2.09. The van der Waals surface area contributed by atoms with Crippen molar-refractivity contribution in [1.82, 2.24) is 19.6 Å². The molecule has 7 nitrogen and oxygen atoms in total. The van der Waals surface area contributed by atoms with E-state index < -0.39 is 0 Å². The molecule has 0 atom stereocenters. The zero-order valence-electron chi connectivity index (χ0n) is 16.6. The van der Waals surface area contributed by atoms with Crippen LogP contribution in [0, 0.1) is 13.8 Å². The average Bonchev–Trinajstić information content (AvgIpc) is 3.04. The van der Waals surface area contributed by atoms with Gasteiger partial charge in [0.25, 0.3) is 11.8 Å². The van der Waals surface area contributed by atoms with Crippen molar-refractivity contribution in [3.8, 4) is 0 Å². The highest BCUT2D eigenvalue weighted by Gasteiger charge is 2.21. The maximum absolute atomic E-state index is 12.9. The summed E-state index contributed by atoms with van der Waals surface area (Å²) in [5.74, 6) is -0.479. The smallest absolute Gasteiger partial charge is 0.292 e. The van der Waals surface area contributed by atoms with E-state index in [1.54, 1.807) is 22.7 Å². The highest BCUT2D eigenvalue weighted by molar-refractivity contribution is 6.06. The first kappa shape index (κ1) is 19.6. The molecule has 7 heteroatoms. The molecule has 2 aromatic heterocycles. The van der Waals surface area contributed by atoms with Crippen LogP contribution < -0.4 is 10.6 Å². The molecule has 2 heterocycles. The first-order valence-electron chi connectivity index (χ1n) is 9.15. The Morgan fingerprint density at radius 2 is 1.89 bits per heavy atom. The molecular weight excluding hydrogens is 354 g/mol. The van der Waals surface area contributed by atoms with Crippen LogP contribution in [-0.4, -0.2) is 53.3 Å². The topological polar surface area (TPSA) is 78.7 Å². The average molecular weight is 379 g/mol. The summed E-state index contributed by atoms with van der Waals surface area (Å²) in [5.41, 5.74) is 3.58. The van der Waals surface area contributed by atoms with Gasteiger partial charge in [-0.1, -0.05) is 18.2 Å². The van der Waals surface area contributed by atoms with E-state index in [4.69, 9.17) is 0 Å². The SMILES string of the molecule is Cc1ccc(C)c(NC(=O)c2nc(C(=O)NCCN(C)C)c3ccccn23)c1. The quantitative estimate of drug-likeness (QED) is 0.690. The summed E-state index contributed by atoms with van der Waals surface area (Å²) in [5, 5.41) is 5.76. The number of aromatic nitrogens is 2. The van der Waals surface area contributed by atoms with E-state index in [1.165, 1.54) is 0 Å². The molecule has 2 N–H and O–H groups in total. The van der Waals surface area contributed by atoms with Crippen molar-refractivity contribution in [1.29, 1.82) is 0 Å². The second-order valence-electron chi connectivity index (χ2n) is 7.07. The molecule has 0 aliphatic rings. The fraction of sp³-hybridized carbons (Fsp3) is 0.286. The number of fused-ring (bicyclic) bond motifs is 1. The highest BCUT2D eigenvalue weighted by atomic mass is 16.2. The van der Waals surface area contributed by atoms with Gasteiger partial charge in [0, 0.05) is 25.0 Å². The molecule has 0 saturated heterocycles. The molecule has 0 spiro atoms. The Morgan fingerprint density at radius 1 is 1.11 bits per heavy atom. The van der Waals surface area contributed by atoms with Gasteiger partial charge in [-0.15, -0.1) is 0 Å². The molecule has 0 bridgehead atoms. The van der Waals surface area contributed by atoms with E-state index in [0.717, 1.165) is 23.4 Å². The molecule has 0 aliphatic heterocycles. The summed E-state index contributed by atoms with van der Waals surface area (Å²) < 4.78 is 1.64. The van der Waals surface area contributed by atoms with Gasteiger partial charge in [-0.3, -0.25) is 14.0 Å². The summed E-state index contributed by atoms with van der Waals surface area (Å²) in [6.07, 6.45) is 1.73. The number of amides is 2. The Hall–Kier alpha value is -3.19. The second-order valence-corrected chi connectivity index (χ2v) is 7.07. The summed E-state index contributed by atoms with van der Waals surface area (Å²) in [7, 11) is 3.88. The van der Waals surface area contributed by atoms with Gasteiger partial charge in [0.15, 0.2) is 5.69 Å². The van der Waals surface area contributed by atoms with Crippen molar-refractivity contribution in [2.45, 2.75) is 13.8 Å². The molecule has 0 saturated carbocycles. The molecule has 0 unspecified atom stereocenters. The number of aryl methyl sites for hydroxylation is 2. The van der Waals surface area contributed by atoms with E-state index in [9.17, 15) is 9.59 Å². The van der Waals surface area contributed by atoms with Gasteiger partial charge in [0.2, 0.25) is 5.82 Å². The maximum Gasteiger partial charge on any atom is 0.292 e. The van der Waals surface area contributed by atoms with Crippen LogP contribution in [0.4, 0.5) is 5.69 Å².